The van der Waals surface area contributed by atoms with Crippen molar-refractivity contribution in [3.8, 4) is 0 Å². The summed E-state index contributed by atoms with van der Waals surface area (Å²) in [7, 11) is 0. The Morgan fingerprint density at radius 2 is 2.35 bits per heavy atom. The van der Waals surface area contributed by atoms with E-state index < -0.39 is 0 Å². The fraction of sp³-hybridized carbons (Fsp3) is 0.615. The lowest BCUT2D eigenvalue weighted by atomic mass is 10.1. The average molecular weight is 298 g/mol. The van der Waals surface area contributed by atoms with E-state index in [1.54, 1.807) is 6.20 Å². The summed E-state index contributed by atoms with van der Waals surface area (Å²) in [4.78, 5) is 4.20. The first kappa shape index (κ1) is 13.0. The Morgan fingerprint density at radius 3 is 2.94 bits per heavy atom. The minimum atomic E-state index is 0.218. The highest BCUT2D eigenvalue weighted by molar-refractivity contribution is 9.10. The van der Waals surface area contributed by atoms with Crippen molar-refractivity contribution >= 4 is 15.9 Å². The molecule has 3 N–H and O–H groups in total. The van der Waals surface area contributed by atoms with Crippen LogP contribution in [-0.2, 0) is 0 Å². The lowest BCUT2D eigenvalue weighted by Crippen LogP contribution is -2.35. The van der Waals surface area contributed by atoms with E-state index in [1.165, 1.54) is 24.8 Å². The van der Waals surface area contributed by atoms with E-state index in [-0.39, 0.29) is 6.04 Å². The molecule has 1 aromatic rings. The van der Waals surface area contributed by atoms with Crippen LogP contribution >= 0.6 is 15.9 Å². The molecule has 1 heterocycles. The van der Waals surface area contributed by atoms with Gasteiger partial charge >= 0.3 is 0 Å². The predicted octanol–water partition coefficient (Wildman–Crippen LogP) is 2.62. The Morgan fingerprint density at radius 1 is 1.53 bits per heavy atom. The minimum absolute atomic E-state index is 0.218. The summed E-state index contributed by atoms with van der Waals surface area (Å²) < 4.78 is 1.01. The van der Waals surface area contributed by atoms with Crippen LogP contribution in [-0.4, -0.2) is 17.6 Å². The van der Waals surface area contributed by atoms with E-state index in [0.29, 0.717) is 12.6 Å². The van der Waals surface area contributed by atoms with Gasteiger partial charge in [-0.1, -0.05) is 6.92 Å². The molecule has 3 unspecified atom stereocenters. The highest BCUT2D eigenvalue weighted by atomic mass is 79.9. The molecule has 3 nitrogen and oxygen atoms in total. The van der Waals surface area contributed by atoms with Crippen LogP contribution in [0.4, 0.5) is 0 Å². The third-order valence-corrected chi connectivity index (χ3v) is 3.93. The van der Waals surface area contributed by atoms with E-state index in [1.807, 2.05) is 6.20 Å². The molecule has 0 radical (unpaired) electrons. The van der Waals surface area contributed by atoms with Crippen LogP contribution in [0.3, 0.4) is 0 Å². The number of nitrogens with one attached hydrogen (secondary N) is 1. The Hall–Kier alpha value is -0.450. The Kier molecular flexibility index (Phi) is 4.54. The van der Waals surface area contributed by atoms with E-state index >= 15 is 0 Å². The topological polar surface area (TPSA) is 50.9 Å². The van der Waals surface area contributed by atoms with Crippen LogP contribution in [0.15, 0.2) is 22.9 Å². The molecule has 0 aliphatic heterocycles. The molecule has 94 valence electrons. The van der Waals surface area contributed by atoms with Gasteiger partial charge in [0.25, 0.3) is 0 Å². The summed E-state index contributed by atoms with van der Waals surface area (Å²) >= 11 is 3.45. The van der Waals surface area contributed by atoms with Crippen LogP contribution in [0.2, 0.25) is 0 Å². The standard InChI is InChI=1S/C13H20BrN3/c1-9-2-3-12(4-9)17-13(6-15)10-5-11(14)8-16-7-10/h5,7-9,12-13,17H,2-4,6,15H2,1H3. The van der Waals surface area contributed by atoms with Crippen molar-refractivity contribution in [2.75, 3.05) is 6.54 Å². The summed E-state index contributed by atoms with van der Waals surface area (Å²) in [5.41, 5.74) is 7.03. The summed E-state index contributed by atoms with van der Waals surface area (Å²) in [6.45, 7) is 2.93. The highest BCUT2D eigenvalue weighted by Crippen LogP contribution is 2.27. The maximum Gasteiger partial charge on any atom is 0.0462 e. The molecule has 0 aromatic carbocycles. The van der Waals surface area contributed by atoms with Gasteiger partial charge in [0, 0.05) is 35.5 Å². The number of halogens is 1. The quantitative estimate of drug-likeness (QED) is 0.898. The van der Waals surface area contributed by atoms with Gasteiger partial charge in [0.2, 0.25) is 0 Å². The number of nitrogens with zero attached hydrogens (tertiary/aromatic N) is 1. The first-order valence-corrected chi connectivity index (χ1v) is 7.05. The molecule has 0 amide bonds. The lowest BCUT2D eigenvalue weighted by molar-refractivity contribution is 0.433. The molecule has 1 aliphatic carbocycles. The lowest BCUT2D eigenvalue weighted by Gasteiger charge is -2.22. The van der Waals surface area contributed by atoms with Crippen LogP contribution in [0.25, 0.3) is 0 Å². The fourth-order valence-electron chi connectivity index (χ4n) is 2.56. The van der Waals surface area contributed by atoms with Crippen molar-refractivity contribution < 1.29 is 0 Å². The molecular formula is C13H20BrN3. The molecule has 17 heavy (non-hydrogen) atoms. The monoisotopic (exact) mass is 297 g/mol. The molecule has 0 bridgehead atoms. The maximum absolute atomic E-state index is 5.86. The van der Waals surface area contributed by atoms with Crippen molar-refractivity contribution in [1.29, 1.82) is 0 Å². The van der Waals surface area contributed by atoms with Gasteiger partial charge in [0.15, 0.2) is 0 Å². The predicted molar refractivity (Wildman–Crippen MR) is 73.7 cm³/mol. The van der Waals surface area contributed by atoms with Crippen molar-refractivity contribution in [3.05, 3.63) is 28.5 Å². The van der Waals surface area contributed by atoms with Gasteiger partial charge in [-0.2, -0.15) is 0 Å². The maximum atomic E-state index is 5.86. The Labute approximate surface area is 111 Å². The summed E-state index contributed by atoms with van der Waals surface area (Å²) in [5, 5.41) is 3.65. The number of rotatable bonds is 4. The zero-order chi connectivity index (χ0) is 12.3. The van der Waals surface area contributed by atoms with E-state index in [0.717, 1.165) is 10.4 Å². The number of nitrogens with two attached hydrogens (primary N) is 1. The minimum Gasteiger partial charge on any atom is -0.329 e. The highest BCUT2D eigenvalue weighted by Gasteiger charge is 2.23. The molecule has 1 saturated carbocycles. The zero-order valence-corrected chi connectivity index (χ0v) is 11.8. The first-order valence-electron chi connectivity index (χ1n) is 6.25. The molecule has 4 heteroatoms. The molecule has 0 spiro atoms. The second kappa shape index (κ2) is 5.94. The smallest absolute Gasteiger partial charge is 0.0462 e. The van der Waals surface area contributed by atoms with Gasteiger partial charge in [-0.05, 0) is 52.7 Å². The normalized spacial score (nSPS) is 26.1. The van der Waals surface area contributed by atoms with Crippen LogP contribution in [0, 0.1) is 5.92 Å². The van der Waals surface area contributed by atoms with E-state index in [4.69, 9.17) is 5.73 Å². The number of hydrogen-bond donors (Lipinski definition) is 2. The SMILES string of the molecule is CC1CCC(NC(CN)c2cncc(Br)c2)C1. The van der Waals surface area contributed by atoms with Gasteiger partial charge in [-0.25, -0.2) is 0 Å². The van der Waals surface area contributed by atoms with Crippen LogP contribution in [0.5, 0.6) is 0 Å². The van der Waals surface area contributed by atoms with Gasteiger partial charge < -0.3 is 11.1 Å². The Balaban J connectivity index is 2.01. The number of hydrogen-bond acceptors (Lipinski definition) is 3. The fourth-order valence-corrected chi connectivity index (χ4v) is 2.94. The summed E-state index contributed by atoms with van der Waals surface area (Å²) in [6.07, 6.45) is 7.55. The van der Waals surface area contributed by atoms with Crippen molar-refractivity contribution in [1.82, 2.24) is 10.3 Å². The summed E-state index contributed by atoms with van der Waals surface area (Å²) in [5.74, 6) is 0.839. The van der Waals surface area contributed by atoms with Gasteiger partial charge in [-0.15, -0.1) is 0 Å². The summed E-state index contributed by atoms with van der Waals surface area (Å²) in [6, 6.07) is 2.92. The molecular weight excluding hydrogens is 278 g/mol. The van der Waals surface area contributed by atoms with Crippen molar-refractivity contribution in [2.24, 2.45) is 11.7 Å². The van der Waals surface area contributed by atoms with Gasteiger partial charge in [-0.3, -0.25) is 4.98 Å². The number of aromatic nitrogens is 1. The third kappa shape index (κ3) is 3.50. The molecule has 1 fully saturated rings. The second-order valence-corrected chi connectivity index (χ2v) is 5.92. The van der Waals surface area contributed by atoms with Crippen LogP contribution in [0.1, 0.15) is 37.8 Å². The zero-order valence-electron chi connectivity index (χ0n) is 10.2. The molecule has 1 aromatic heterocycles. The van der Waals surface area contributed by atoms with Gasteiger partial charge in [0.05, 0.1) is 0 Å². The van der Waals surface area contributed by atoms with E-state index in [2.05, 4.69) is 39.2 Å². The largest absolute Gasteiger partial charge is 0.329 e. The second-order valence-electron chi connectivity index (χ2n) is 5.01. The molecule has 3 atom stereocenters. The van der Waals surface area contributed by atoms with Crippen LogP contribution < -0.4 is 11.1 Å². The van der Waals surface area contributed by atoms with Crippen molar-refractivity contribution in [2.45, 2.75) is 38.3 Å². The van der Waals surface area contributed by atoms with Gasteiger partial charge in [0.1, 0.15) is 0 Å². The molecule has 0 saturated heterocycles. The average Bonchev–Trinajstić information content (AvgIpc) is 2.72. The van der Waals surface area contributed by atoms with Crippen molar-refractivity contribution in [3.63, 3.8) is 0 Å². The molecule has 1 aliphatic rings. The van der Waals surface area contributed by atoms with E-state index in [9.17, 15) is 0 Å². The Bertz CT molecular complexity index is 369. The third-order valence-electron chi connectivity index (χ3n) is 3.50. The number of pyridine rings is 1. The first-order chi connectivity index (χ1) is 8.19. The molecule has 2 rings (SSSR count).